The van der Waals surface area contributed by atoms with Crippen molar-refractivity contribution in [3.63, 3.8) is 0 Å². The third-order valence-corrected chi connectivity index (χ3v) is 23.5. The smallest absolute Gasteiger partial charge is 0.463 e. The van der Waals surface area contributed by atoms with Crippen LogP contribution in [0.25, 0.3) is 0 Å². The van der Waals surface area contributed by atoms with Crippen LogP contribution in [0.1, 0.15) is 432 Å². The van der Waals surface area contributed by atoms with Gasteiger partial charge in [0.15, 0.2) is 6.10 Å². The number of rotatable bonds is 96. The first-order valence-corrected chi connectivity index (χ1v) is 54.1. The molecule has 0 aliphatic rings. The van der Waals surface area contributed by atoms with E-state index in [0.29, 0.717) is 19.3 Å². The molecule has 5 unspecified atom stereocenters. The third kappa shape index (κ3) is 101. The summed E-state index contributed by atoms with van der Waals surface area (Å²) in [5.74, 6) is -1.57. The molecule has 0 aromatic rings. The Morgan fingerprint density at radius 2 is 0.394 bits per heavy atom. The summed E-state index contributed by atoms with van der Waals surface area (Å²) in [7, 11) is -9.82. The van der Waals surface area contributed by atoms with Gasteiger partial charge in [0.2, 0.25) is 0 Å². The van der Waals surface area contributed by atoms with Gasteiger partial charge in [0.1, 0.15) is 25.4 Å². The molecule has 0 aromatic carbocycles. The van der Waals surface area contributed by atoms with Gasteiger partial charge in [0.25, 0.3) is 0 Å². The highest BCUT2D eigenvalue weighted by atomic mass is 31.2. The molecule has 127 heavy (non-hydrogen) atoms. The first kappa shape index (κ1) is 122. The summed E-state index contributed by atoms with van der Waals surface area (Å²) in [4.78, 5) is 59.2. The van der Waals surface area contributed by atoms with E-state index < -0.39 is 91.5 Å². The minimum atomic E-state index is -4.95. The van der Waals surface area contributed by atoms with E-state index in [1.165, 1.54) is 193 Å². The van der Waals surface area contributed by atoms with Crippen LogP contribution in [0.5, 0.6) is 0 Å². The van der Waals surface area contributed by atoms with Gasteiger partial charge in [-0.15, -0.1) is 0 Å². The van der Waals surface area contributed by atoms with Crippen LogP contribution in [0.4, 0.5) is 0 Å². The second-order valence-corrected chi connectivity index (χ2v) is 36.8. The van der Waals surface area contributed by atoms with Crippen LogP contribution in [-0.4, -0.2) is 95.9 Å². The number of allylic oxidation sites excluding steroid dienone is 30. The van der Waals surface area contributed by atoms with Crippen LogP contribution in [0.2, 0.25) is 0 Å². The molecule has 0 amide bonds. The van der Waals surface area contributed by atoms with Crippen LogP contribution >= 0.6 is 15.6 Å². The standard InChI is InChI=1S/C109H186O16P2/c1-4-7-10-13-16-19-22-25-28-31-34-37-40-42-44-46-48-50-51-53-55-56-58-60-63-65-68-71-74-77-80-83-86-89-92-95-107(112)119-98-104(110)99-121-126(115,116)122-100-105(111)101-123-127(117,118)124-103-106(125-109(114)97-94-91-88-85-82-79-76-73-70-67-62-39-36-33-30-27-24-21-18-15-12-9-6-3)102-120-108(113)96-93-90-87-84-81-78-75-72-69-66-64-61-59-57-54-52-49-47-45-43-41-38-35-32-29-26-23-20-17-14-11-8-5-2/h7-12,16-21,25-30,34-39,42-45,67,70,104-106,110-111H,4-6,13-15,22-24,31-33,40-41,46-66,68-69,71-103H2,1-3H3,(H,115,116)(H,117,118)/b10-7-,11-8-,12-9-,19-16-,20-17-,21-18-,28-25-,29-26-,30-27-,37-34-,38-35-,39-36-,44-42-,45-43-,70-67-. The number of unbranched alkanes of at least 4 members (excludes halogenated alkanes) is 43. The summed E-state index contributed by atoms with van der Waals surface area (Å²) in [5.41, 5.74) is 0. The topological polar surface area (TPSA) is 231 Å². The van der Waals surface area contributed by atoms with E-state index in [1.807, 2.05) is 0 Å². The molecule has 0 saturated heterocycles. The molecule has 5 atom stereocenters. The molecule has 0 aliphatic carbocycles. The Morgan fingerprint density at radius 1 is 0.220 bits per heavy atom. The molecule has 4 N–H and O–H groups in total. The monoisotopic (exact) mass is 1810 g/mol. The van der Waals surface area contributed by atoms with Gasteiger partial charge < -0.3 is 34.2 Å². The predicted molar refractivity (Wildman–Crippen MR) is 537 cm³/mol. The zero-order valence-electron chi connectivity index (χ0n) is 80.6. The fourth-order valence-corrected chi connectivity index (χ4v) is 15.6. The summed E-state index contributed by atoms with van der Waals surface area (Å²) in [6.07, 6.45) is 132. The summed E-state index contributed by atoms with van der Waals surface area (Å²) >= 11 is 0. The molecule has 16 nitrogen and oxygen atoms in total. The van der Waals surface area contributed by atoms with Crippen molar-refractivity contribution in [2.45, 2.75) is 450 Å². The van der Waals surface area contributed by atoms with Gasteiger partial charge >= 0.3 is 33.6 Å². The predicted octanol–water partition coefficient (Wildman–Crippen LogP) is 32.3. The van der Waals surface area contributed by atoms with Gasteiger partial charge in [-0.2, -0.15) is 0 Å². The van der Waals surface area contributed by atoms with Crippen molar-refractivity contribution in [1.29, 1.82) is 0 Å². The van der Waals surface area contributed by atoms with Crippen molar-refractivity contribution in [1.82, 2.24) is 0 Å². The van der Waals surface area contributed by atoms with E-state index in [-0.39, 0.29) is 19.3 Å². The highest BCUT2D eigenvalue weighted by Gasteiger charge is 2.30. The lowest BCUT2D eigenvalue weighted by molar-refractivity contribution is -0.161. The SMILES string of the molecule is CC/C=C\C/C=C\C/C=C\C/C=C\C/C=C\CCCCCCCCCCCCCCCCCCCCCC(=O)OCC(O)COP(=O)(O)OCC(O)COP(=O)(O)OCC(COC(=O)CCCCCCCCCCCCCCCCCCC/C=C\C/C=C\C/C=C\C/C=C\C/C=C\CC)OC(=O)CCCCCCCCC/C=C\C/C=C\C/C=C\C/C=C\C/C=C\CC. The number of carbonyl (C=O) groups excluding carboxylic acids is 3. The van der Waals surface area contributed by atoms with Crippen LogP contribution in [-0.2, 0) is 55.8 Å². The van der Waals surface area contributed by atoms with Crippen molar-refractivity contribution in [2.75, 3.05) is 39.6 Å². The van der Waals surface area contributed by atoms with Crippen molar-refractivity contribution >= 4 is 33.6 Å². The van der Waals surface area contributed by atoms with Crippen molar-refractivity contribution in [3.05, 3.63) is 182 Å². The lowest BCUT2D eigenvalue weighted by Crippen LogP contribution is -2.30. The minimum absolute atomic E-state index is 0.0887. The summed E-state index contributed by atoms with van der Waals surface area (Å²) in [5, 5.41) is 20.8. The van der Waals surface area contributed by atoms with Gasteiger partial charge in [-0.1, -0.05) is 441 Å². The van der Waals surface area contributed by atoms with Crippen LogP contribution in [0, 0.1) is 0 Å². The maximum Gasteiger partial charge on any atom is 0.472 e. The molecule has 728 valence electrons. The van der Waals surface area contributed by atoms with E-state index in [4.69, 9.17) is 32.3 Å². The Balaban J connectivity index is 4.54. The van der Waals surface area contributed by atoms with Crippen LogP contribution < -0.4 is 0 Å². The normalized spacial score (nSPS) is 14.4. The molecule has 0 spiro atoms. The zero-order chi connectivity index (χ0) is 92.1. The maximum absolute atomic E-state index is 13.1. The number of hydrogen-bond acceptors (Lipinski definition) is 14. The molecule has 0 aromatic heterocycles. The van der Waals surface area contributed by atoms with Crippen LogP contribution in [0.3, 0.4) is 0 Å². The van der Waals surface area contributed by atoms with Gasteiger partial charge in [-0.05, 0) is 154 Å². The maximum atomic E-state index is 13.1. The Labute approximate surface area is 776 Å². The van der Waals surface area contributed by atoms with E-state index in [9.17, 15) is 43.5 Å². The first-order valence-electron chi connectivity index (χ1n) is 51.1. The minimum Gasteiger partial charge on any atom is -0.463 e. The molecular weight excluding hydrogens is 1630 g/mol. The van der Waals surface area contributed by atoms with Crippen molar-refractivity contribution in [2.24, 2.45) is 0 Å². The summed E-state index contributed by atoms with van der Waals surface area (Å²) < 4.78 is 61.7. The number of ether oxygens (including phenoxy) is 3. The molecule has 0 rings (SSSR count). The number of aliphatic hydroxyl groups excluding tert-OH is 2. The highest BCUT2D eigenvalue weighted by Crippen LogP contribution is 2.45. The summed E-state index contributed by atoms with van der Waals surface area (Å²) in [6.45, 7) is 2.40. The van der Waals surface area contributed by atoms with Gasteiger partial charge in [-0.25, -0.2) is 9.13 Å². The second kappa shape index (κ2) is 99.7. The number of aliphatic hydroxyl groups is 2. The largest absolute Gasteiger partial charge is 0.472 e. The van der Waals surface area contributed by atoms with Crippen LogP contribution in [0.15, 0.2) is 182 Å². The zero-order valence-corrected chi connectivity index (χ0v) is 82.4. The van der Waals surface area contributed by atoms with E-state index in [0.717, 1.165) is 180 Å². The van der Waals surface area contributed by atoms with Gasteiger partial charge in [0, 0.05) is 19.3 Å². The quantitative estimate of drug-likeness (QED) is 0.0146. The van der Waals surface area contributed by atoms with E-state index >= 15 is 0 Å². The number of phosphoric ester groups is 2. The Kier molecular flexibility index (Phi) is 95.5. The molecule has 0 aliphatic heterocycles. The highest BCUT2D eigenvalue weighted by molar-refractivity contribution is 7.47. The number of phosphoric acid groups is 2. The average molecular weight is 1810 g/mol. The van der Waals surface area contributed by atoms with Crippen molar-refractivity contribution in [3.8, 4) is 0 Å². The molecule has 0 fully saturated rings. The number of hydrogen-bond donors (Lipinski definition) is 4. The molecule has 0 bridgehead atoms. The Morgan fingerprint density at radius 3 is 0.622 bits per heavy atom. The molecule has 0 saturated carbocycles. The Bertz CT molecular complexity index is 3040. The fourth-order valence-electron chi connectivity index (χ4n) is 14.0. The lowest BCUT2D eigenvalue weighted by atomic mass is 10.0. The molecule has 18 heteroatoms. The summed E-state index contributed by atoms with van der Waals surface area (Å²) in [6, 6.07) is 0. The fraction of sp³-hybridized carbons (Fsp3) is 0.697. The Hall–Kier alpha value is -5.35. The molecule has 0 heterocycles. The average Bonchev–Trinajstić information content (AvgIpc) is 0.899. The lowest BCUT2D eigenvalue weighted by Gasteiger charge is -2.21. The molecule has 0 radical (unpaired) electrons. The van der Waals surface area contributed by atoms with Crippen molar-refractivity contribution < 1.29 is 75.8 Å². The first-order chi connectivity index (χ1) is 62.2. The number of esters is 3. The van der Waals surface area contributed by atoms with Gasteiger partial charge in [0.05, 0.1) is 26.4 Å². The van der Waals surface area contributed by atoms with E-state index in [2.05, 4.69) is 203 Å². The number of carbonyl (C=O) groups is 3. The molecular formula is C109H186O16P2. The third-order valence-electron chi connectivity index (χ3n) is 21.6. The second-order valence-electron chi connectivity index (χ2n) is 33.8. The van der Waals surface area contributed by atoms with E-state index in [1.54, 1.807) is 0 Å². The van der Waals surface area contributed by atoms with Gasteiger partial charge in [-0.3, -0.25) is 32.5 Å².